The molecule has 6 heteroatoms. The third-order valence-corrected chi connectivity index (χ3v) is 3.14. The molecule has 0 saturated carbocycles. The third-order valence-electron chi connectivity index (χ3n) is 3.14. The van der Waals surface area contributed by atoms with Gasteiger partial charge in [0.25, 0.3) is 11.8 Å². The van der Waals surface area contributed by atoms with Crippen molar-refractivity contribution in [3.63, 3.8) is 0 Å². The van der Waals surface area contributed by atoms with E-state index in [2.05, 4.69) is 0 Å². The van der Waals surface area contributed by atoms with Gasteiger partial charge in [0, 0.05) is 26.6 Å². The molecule has 18 heavy (non-hydrogen) atoms. The lowest BCUT2D eigenvalue weighted by atomic mass is 9.94. The smallest absolute Gasteiger partial charge is 0.289 e. The second-order valence-corrected chi connectivity index (χ2v) is 4.39. The van der Waals surface area contributed by atoms with Gasteiger partial charge in [-0.3, -0.25) is 4.79 Å². The number of alkyl halides is 2. The topological polar surface area (TPSA) is 42.7 Å². The summed E-state index contributed by atoms with van der Waals surface area (Å²) in [6, 6.07) is 3.12. The van der Waals surface area contributed by atoms with E-state index >= 15 is 0 Å². The Bertz CT molecular complexity index is 405. The van der Waals surface area contributed by atoms with Gasteiger partial charge in [-0.05, 0) is 12.1 Å². The van der Waals surface area contributed by atoms with Crippen LogP contribution in [0.3, 0.4) is 0 Å². The SMILES string of the molecule is COCC1CN(C(=O)c2ccco2)CCC1(F)F. The Kier molecular flexibility index (Phi) is 3.65. The highest BCUT2D eigenvalue weighted by Crippen LogP contribution is 2.34. The first-order chi connectivity index (χ1) is 8.54. The first kappa shape index (κ1) is 13.0. The van der Waals surface area contributed by atoms with E-state index < -0.39 is 11.8 Å². The van der Waals surface area contributed by atoms with Gasteiger partial charge in [-0.2, -0.15) is 0 Å². The van der Waals surface area contributed by atoms with Crippen LogP contribution >= 0.6 is 0 Å². The Balaban J connectivity index is 2.06. The van der Waals surface area contributed by atoms with E-state index in [1.54, 1.807) is 6.07 Å². The Hall–Kier alpha value is -1.43. The summed E-state index contributed by atoms with van der Waals surface area (Å²) in [6.07, 6.45) is 1.05. The molecule has 0 aromatic carbocycles. The van der Waals surface area contributed by atoms with E-state index in [4.69, 9.17) is 9.15 Å². The van der Waals surface area contributed by atoms with Crippen LogP contribution in [0, 0.1) is 5.92 Å². The van der Waals surface area contributed by atoms with Crippen LogP contribution in [0.2, 0.25) is 0 Å². The molecule has 0 N–H and O–H groups in total. The number of hydrogen-bond acceptors (Lipinski definition) is 3. The maximum atomic E-state index is 13.6. The lowest BCUT2D eigenvalue weighted by molar-refractivity contribution is -0.118. The largest absolute Gasteiger partial charge is 0.459 e. The average Bonchev–Trinajstić information content (AvgIpc) is 2.85. The van der Waals surface area contributed by atoms with Crippen molar-refractivity contribution in [1.82, 2.24) is 4.90 Å². The van der Waals surface area contributed by atoms with Crippen LogP contribution in [0.4, 0.5) is 8.78 Å². The van der Waals surface area contributed by atoms with Crippen LogP contribution < -0.4 is 0 Å². The Morgan fingerprint density at radius 3 is 3.06 bits per heavy atom. The number of methoxy groups -OCH3 is 1. The van der Waals surface area contributed by atoms with Crippen LogP contribution in [-0.2, 0) is 4.74 Å². The van der Waals surface area contributed by atoms with Gasteiger partial charge in [0.15, 0.2) is 5.76 Å². The summed E-state index contributed by atoms with van der Waals surface area (Å²) >= 11 is 0. The molecule has 100 valence electrons. The molecule has 1 aromatic rings. The number of amides is 1. The molecule has 1 unspecified atom stereocenters. The Morgan fingerprint density at radius 1 is 1.67 bits per heavy atom. The normalized spacial score (nSPS) is 23.1. The molecule has 2 heterocycles. The van der Waals surface area contributed by atoms with Crippen LogP contribution in [0.5, 0.6) is 0 Å². The number of furan rings is 1. The molecule has 1 fully saturated rings. The number of likely N-dealkylation sites (tertiary alicyclic amines) is 1. The van der Waals surface area contributed by atoms with Gasteiger partial charge >= 0.3 is 0 Å². The third kappa shape index (κ3) is 2.53. The van der Waals surface area contributed by atoms with Crippen molar-refractivity contribution in [3.05, 3.63) is 24.2 Å². The van der Waals surface area contributed by atoms with Crippen LogP contribution in [0.1, 0.15) is 17.0 Å². The Morgan fingerprint density at radius 2 is 2.44 bits per heavy atom. The zero-order valence-corrected chi connectivity index (χ0v) is 10.1. The maximum absolute atomic E-state index is 13.6. The van der Waals surface area contributed by atoms with E-state index in [1.165, 1.54) is 24.3 Å². The number of carbonyl (C=O) groups excluding carboxylic acids is 1. The van der Waals surface area contributed by atoms with Crippen molar-refractivity contribution in [3.8, 4) is 0 Å². The molecule has 1 aliphatic rings. The molecule has 2 rings (SSSR count). The quantitative estimate of drug-likeness (QED) is 0.834. The lowest BCUT2D eigenvalue weighted by Crippen LogP contribution is -2.50. The second kappa shape index (κ2) is 5.06. The van der Waals surface area contributed by atoms with Gasteiger partial charge in [0.2, 0.25) is 0 Å². The Labute approximate surface area is 104 Å². The van der Waals surface area contributed by atoms with Crippen molar-refractivity contribution >= 4 is 5.91 Å². The fourth-order valence-electron chi connectivity index (χ4n) is 2.10. The first-order valence-electron chi connectivity index (χ1n) is 5.74. The van der Waals surface area contributed by atoms with Crippen LogP contribution in [0.25, 0.3) is 0 Å². The summed E-state index contributed by atoms with van der Waals surface area (Å²) in [5.74, 6) is -3.92. The maximum Gasteiger partial charge on any atom is 0.289 e. The highest BCUT2D eigenvalue weighted by atomic mass is 19.3. The van der Waals surface area contributed by atoms with Crippen molar-refractivity contribution in [2.75, 3.05) is 26.8 Å². The van der Waals surface area contributed by atoms with Crippen LogP contribution in [0.15, 0.2) is 22.8 Å². The molecule has 1 atom stereocenters. The van der Waals surface area contributed by atoms with E-state index in [9.17, 15) is 13.6 Å². The molecule has 1 amide bonds. The number of piperidine rings is 1. The minimum atomic E-state index is -2.78. The van der Waals surface area contributed by atoms with Gasteiger partial charge < -0.3 is 14.1 Å². The van der Waals surface area contributed by atoms with E-state index in [-0.39, 0.29) is 37.8 Å². The zero-order valence-electron chi connectivity index (χ0n) is 10.1. The monoisotopic (exact) mass is 259 g/mol. The first-order valence-corrected chi connectivity index (χ1v) is 5.74. The van der Waals surface area contributed by atoms with E-state index in [0.29, 0.717) is 0 Å². The molecule has 1 aliphatic heterocycles. The van der Waals surface area contributed by atoms with Crippen LogP contribution in [-0.4, -0.2) is 43.5 Å². The number of halogens is 2. The molecule has 0 radical (unpaired) electrons. The van der Waals surface area contributed by atoms with Crippen molar-refractivity contribution < 1.29 is 22.7 Å². The molecular formula is C12H15F2NO3. The molecule has 0 spiro atoms. The van der Waals surface area contributed by atoms with Crippen molar-refractivity contribution in [1.29, 1.82) is 0 Å². The number of nitrogens with zero attached hydrogens (tertiary/aromatic N) is 1. The predicted octanol–water partition coefficient (Wildman–Crippen LogP) is 2.02. The summed E-state index contributed by atoms with van der Waals surface area (Å²) in [6.45, 7) is -0.0396. The average molecular weight is 259 g/mol. The van der Waals surface area contributed by atoms with Crippen molar-refractivity contribution in [2.24, 2.45) is 5.92 Å². The highest BCUT2D eigenvalue weighted by molar-refractivity contribution is 5.91. The standard InChI is InChI=1S/C12H15F2NO3/c1-17-8-9-7-15(5-4-12(9,13)14)11(16)10-3-2-6-18-10/h2-3,6,9H,4-5,7-8H2,1H3. The molecular weight excluding hydrogens is 244 g/mol. The molecule has 4 nitrogen and oxygen atoms in total. The molecule has 0 aliphatic carbocycles. The van der Waals surface area contributed by atoms with Gasteiger partial charge in [-0.25, -0.2) is 8.78 Å². The van der Waals surface area contributed by atoms with Crippen molar-refractivity contribution in [2.45, 2.75) is 12.3 Å². The fourth-order valence-corrected chi connectivity index (χ4v) is 2.10. The number of carbonyl (C=O) groups is 1. The molecule has 1 aromatic heterocycles. The molecule has 1 saturated heterocycles. The summed E-state index contributed by atoms with van der Waals surface area (Å²) in [4.78, 5) is 13.4. The predicted molar refractivity (Wildman–Crippen MR) is 59.5 cm³/mol. The highest BCUT2D eigenvalue weighted by Gasteiger charge is 2.45. The summed E-state index contributed by atoms with van der Waals surface area (Å²) in [5.41, 5.74) is 0. The van der Waals surface area contributed by atoms with Gasteiger partial charge in [0.05, 0.1) is 18.8 Å². The number of rotatable bonds is 3. The summed E-state index contributed by atoms with van der Waals surface area (Å²) in [5, 5.41) is 0. The number of hydrogen-bond donors (Lipinski definition) is 0. The second-order valence-electron chi connectivity index (χ2n) is 4.39. The zero-order chi connectivity index (χ0) is 13.2. The minimum Gasteiger partial charge on any atom is -0.459 e. The van der Waals surface area contributed by atoms with E-state index in [1.807, 2.05) is 0 Å². The lowest BCUT2D eigenvalue weighted by Gasteiger charge is -2.37. The summed E-state index contributed by atoms with van der Waals surface area (Å²) < 4.78 is 37.0. The van der Waals surface area contributed by atoms with E-state index in [0.717, 1.165) is 0 Å². The minimum absolute atomic E-state index is 0.0135. The van der Waals surface area contributed by atoms with Gasteiger partial charge in [-0.15, -0.1) is 0 Å². The van der Waals surface area contributed by atoms with Gasteiger partial charge in [0.1, 0.15) is 0 Å². The molecule has 0 bridgehead atoms. The summed E-state index contributed by atoms with van der Waals surface area (Å²) in [7, 11) is 1.38. The number of ether oxygens (including phenoxy) is 1. The fraction of sp³-hybridized carbons (Fsp3) is 0.583. The van der Waals surface area contributed by atoms with Gasteiger partial charge in [-0.1, -0.05) is 0 Å².